The van der Waals surface area contributed by atoms with Gasteiger partial charge in [0.1, 0.15) is 0 Å². The van der Waals surface area contributed by atoms with Crippen molar-refractivity contribution in [2.24, 2.45) is 0 Å². The van der Waals surface area contributed by atoms with Crippen LogP contribution in [-0.2, 0) is 21.7 Å². The summed E-state index contributed by atoms with van der Waals surface area (Å²) in [6.45, 7) is 0. The molecule has 0 saturated carbocycles. The summed E-state index contributed by atoms with van der Waals surface area (Å²) < 4.78 is 0. The average Bonchev–Trinajstić information content (AvgIpc) is 1.92. The molecule has 4 N–H and O–H groups in total. The van der Waals surface area contributed by atoms with E-state index in [0.717, 1.165) is 0 Å². The van der Waals surface area contributed by atoms with Crippen LogP contribution in [0, 0.1) is 0 Å². The van der Waals surface area contributed by atoms with Gasteiger partial charge in [0.05, 0.1) is 0 Å². The molecule has 0 bridgehead atoms. The van der Waals surface area contributed by atoms with Gasteiger partial charge in [0.15, 0.2) is 0 Å². The second-order valence-corrected chi connectivity index (χ2v) is 2.00. The zero-order valence-corrected chi connectivity index (χ0v) is 12.1. The van der Waals surface area contributed by atoms with Gasteiger partial charge < -0.3 is 21.3 Å². The molecule has 0 atom stereocenters. The van der Waals surface area contributed by atoms with Gasteiger partial charge in [-0.3, -0.25) is 0 Å². The largest absolute Gasteiger partial charge is 4.00 e. The Kier molecular flexibility index (Phi) is 181. The van der Waals surface area contributed by atoms with Crippen LogP contribution in [0.25, 0.3) is 0 Å². The normalized spacial score (nSPS) is 5.54. The standard InChI is InChI=1S/4C2H7N.Ti/c4*1-3-2;/h4*3H,1-2H3;/q;;;;+4. The third-order valence-electron chi connectivity index (χ3n) is 0. The monoisotopic (exact) mass is 228 g/mol. The van der Waals surface area contributed by atoms with Gasteiger partial charge in [-0.15, -0.1) is 0 Å². The van der Waals surface area contributed by atoms with Crippen LogP contribution in [0.15, 0.2) is 0 Å². The van der Waals surface area contributed by atoms with Gasteiger partial charge in [0.2, 0.25) is 0 Å². The molecule has 0 unspecified atom stereocenters. The minimum absolute atomic E-state index is 0. The molecule has 13 heavy (non-hydrogen) atoms. The van der Waals surface area contributed by atoms with Crippen molar-refractivity contribution in [3.05, 3.63) is 0 Å². The Morgan fingerprint density at radius 1 is 0.385 bits per heavy atom. The van der Waals surface area contributed by atoms with Crippen molar-refractivity contribution in [1.82, 2.24) is 21.3 Å². The van der Waals surface area contributed by atoms with E-state index in [1.54, 1.807) is 0 Å². The summed E-state index contributed by atoms with van der Waals surface area (Å²) in [6, 6.07) is 0. The van der Waals surface area contributed by atoms with Crippen LogP contribution in [-0.4, -0.2) is 56.4 Å². The van der Waals surface area contributed by atoms with E-state index in [1.807, 2.05) is 56.4 Å². The minimum Gasteiger partial charge on any atom is -0.323 e. The van der Waals surface area contributed by atoms with Crippen molar-refractivity contribution >= 4 is 0 Å². The SMILES string of the molecule is CNC.CNC.CNC.CNC.[Ti+4]. The quantitative estimate of drug-likeness (QED) is 0.416. The fourth-order valence-electron chi connectivity index (χ4n) is 0. The Morgan fingerprint density at radius 3 is 0.385 bits per heavy atom. The van der Waals surface area contributed by atoms with Crippen molar-refractivity contribution in [3.8, 4) is 0 Å². The topological polar surface area (TPSA) is 48.1 Å². The maximum Gasteiger partial charge on any atom is 4.00 e. The van der Waals surface area contributed by atoms with Crippen LogP contribution >= 0.6 is 0 Å². The molecule has 5 heteroatoms. The van der Waals surface area contributed by atoms with Gasteiger partial charge in [0, 0.05) is 0 Å². The first-order chi connectivity index (χ1) is 5.66. The van der Waals surface area contributed by atoms with Crippen LogP contribution < -0.4 is 21.3 Å². The smallest absolute Gasteiger partial charge is 0.323 e. The summed E-state index contributed by atoms with van der Waals surface area (Å²) in [5, 5.41) is 11.0. The second kappa shape index (κ2) is 80.8. The Labute approximate surface area is 99.5 Å². The fourth-order valence-corrected chi connectivity index (χ4v) is 0. The molecule has 0 aliphatic carbocycles. The zero-order chi connectivity index (χ0) is 10.8. The van der Waals surface area contributed by atoms with E-state index in [-0.39, 0.29) is 21.7 Å². The maximum absolute atomic E-state index is 2.75. The molecule has 4 nitrogen and oxygen atoms in total. The Bertz CT molecular complexity index is 24.1. The fraction of sp³-hybridized carbons (Fsp3) is 1.00. The molecule has 0 aromatic rings. The van der Waals surface area contributed by atoms with E-state index >= 15 is 0 Å². The molecule has 0 radical (unpaired) electrons. The minimum atomic E-state index is 0. The van der Waals surface area contributed by atoms with Crippen LogP contribution in [0.5, 0.6) is 0 Å². The summed E-state index contributed by atoms with van der Waals surface area (Å²) >= 11 is 0. The van der Waals surface area contributed by atoms with E-state index in [2.05, 4.69) is 21.3 Å². The summed E-state index contributed by atoms with van der Waals surface area (Å²) in [6.07, 6.45) is 0. The summed E-state index contributed by atoms with van der Waals surface area (Å²) in [7, 11) is 15.0. The molecule has 0 aromatic carbocycles. The van der Waals surface area contributed by atoms with E-state index in [9.17, 15) is 0 Å². The van der Waals surface area contributed by atoms with Crippen molar-refractivity contribution in [2.45, 2.75) is 0 Å². The number of hydrogen-bond acceptors (Lipinski definition) is 4. The number of rotatable bonds is 0. The molecule has 0 amide bonds. The third-order valence-corrected chi connectivity index (χ3v) is 0. The van der Waals surface area contributed by atoms with Crippen LogP contribution in [0.2, 0.25) is 0 Å². The molecular formula is C8H28N4Ti+4. The molecule has 0 spiro atoms. The number of nitrogens with one attached hydrogen (secondary N) is 4. The molecule has 0 fully saturated rings. The first-order valence-corrected chi connectivity index (χ1v) is 4.00. The predicted octanol–water partition coefficient (Wildman–Crippen LogP) is -0.660. The van der Waals surface area contributed by atoms with E-state index in [4.69, 9.17) is 0 Å². The first kappa shape index (κ1) is 29.2. The van der Waals surface area contributed by atoms with Gasteiger partial charge in [-0.25, -0.2) is 0 Å². The van der Waals surface area contributed by atoms with E-state index in [0.29, 0.717) is 0 Å². The van der Waals surface area contributed by atoms with Crippen molar-refractivity contribution in [3.63, 3.8) is 0 Å². The Balaban J connectivity index is -0.0000000213. The molecule has 0 aliphatic rings. The molecule has 80 valence electrons. The van der Waals surface area contributed by atoms with Gasteiger partial charge in [0.25, 0.3) is 0 Å². The van der Waals surface area contributed by atoms with Crippen LogP contribution in [0.1, 0.15) is 0 Å². The maximum atomic E-state index is 2.75. The second-order valence-electron chi connectivity index (χ2n) is 2.00. The number of hydrogen-bond donors (Lipinski definition) is 4. The van der Waals surface area contributed by atoms with Crippen molar-refractivity contribution < 1.29 is 21.7 Å². The van der Waals surface area contributed by atoms with E-state index < -0.39 is 0 Å². The summed E-state index contributed by atoms with van der Waals surface area (Å²) in [5.74, 6) is 0. The van der Waals surface area contributed by atoms with Crippen molar-refractivity contribution in [1.29, 1.82) is 0 Å². The molecule has 0 rings (SSSR count). The predicted molar refractivity (Wildman–Crippen MR) is 59.9 cm³/mol. The van der Waals surface area contributed by atoms with Gasteiger partial charge in [-0.05, 0) is 56.4 Å². The van der Waals surface area contributed by atoms with Crippen LogP contribution in [0.4, 0.5) is 0 Å². The third kappa shape index (κ3) is 4550. The average molecular weight is 228 g/mol. The molecular weight excluding hydrogens is 200 g/mol. The summed E-state index contributed by atoms with van der Waals surface area (Å²) in [5.41, 5.74) is 0. The van der Waals surface area contributed by atoms with Gasteiger partial charge >= 0.3 is 21.7 Å². The summed E-state index contributed by atoms with van der Waals surface area (Å²) in [4.78, 5) is 0. The molecule has 0 heterocycles. The Hall–Kier alpha value is 0.554. The molecule has 0 aromatic heterocycles. The van der Waals surface area contributed by atoms with Crippen LogP contribution in [0.3, 0.4) is 0 Å². The van der Waals surface area contributed by atoms with E-state index in [1.165, 1.54) is 0 Å². The van der Waals surface area contributed by atoms with Gasteiger partial charge in [-0.2, -0.15) is 0 Å². The molecule has 0 saturated heterocycles. The molecule has 0 aliphatic heterocycles. The first-order valence-electron chi connectivity index (χ1n) is 4.00. The Morgan fingerprint density at radius 2 is 0.385 bits per heavy atom. The zero-order valence-electron chi connectivity index (χ0n) is 10.5. The van der Waals surface area contributed by atoms with Gasteiger partial charge in [-0.1, -0.05) is 0 Å². The van der Waals surface area contributed by atoms with Crippen molar-refractivity contribution in [2.75, 3.05) is 56.4 Å².